The summed E-state index contributed by atoms with van der Waals surface area (Å²) in [5, 5.41) is 4.08. The Hall–Kier alpha value is -0.540. The van der Waals surface area contributed by atoms with Crippen molar-refractivity contribution in [3.8, 4) is 0 Å². The molecule has 0 bridgehead atoms. The van der Waals surface area contributed by atoms with Crippen LogP contribution in [0.4, 0.5) is 0 Å². The number of halogens is 2. The summed E-state index contributed by atoms with van der Waals surface area (Å²) in [4.78, 5) is 11.0. The van der Waals surface area contributed by atoms with E-state index >= 15 is 0 Å². The first-order valence-electron chi connectivity index (χ1n) is 2.93. The van der Waals surface area contributed by atoms with Gasteiger partial charge in [0.15, 0.2) is 0 Å². The van der Waals surface area contributed by atoms with Crippen molar-refractivity contribution >= 4 is 23.2 Å². The van der Waals surface area contributed by atoms with Crippen molar-refractivity contribution in [2.24, 2.45) is 7.05 Å². The standard InChI is InChI=1S/C6H6Cl2N2O/c1-3-4(7)5(8)6(11)10(2)9-3/h1-2H3. The van der Waals surface area contributed by atoms with Gasteiger partial charge in [-0.15, -0.1) is 0 Å². The van der Waals surface area contributed by atoms with Crippen LogP contribution >= 0.6 is 23.2 Å². The molecule has 0 aliphatic carbocycles. The van der Waals surface area contributed by atoms with Crippen LogP contribution in [0.1, 0.15) is 5.69 Å². The molecule has 0 aromatic carbocycles. The molecule has 0 saturated heterocycles. The lowest BCUT2D eigenvalue weighted by Gasteiger charge is -2.01. The van der Waals surface area contributed by atoms with E-state index in [4.69, 9.17) is 23.2 Å². The van der Waals surface area contributed by atoms with Crippen LogP contribution in [0.3, 0.4) is 0 Å². The second-order valence-electron chi connectivity index (χ2n) is 2.14. The number of rotatable bonds is 0. The molecule has 3 nitrogen and oxygen atoms in total. The van der Waals surface area contributed by atoms with Crippen LogP contribution in [0.2, 0.25) is 10.0 Å². The molecule has 60 valence electrons. The average Bonchev–Trinajstić information content (AvgIpc) is 1.97. The van der Waals surface area contributed by atoms with Crippen LogP contribution in [-0.4, -0.2) is 9.78 Å². The maximum Gasteiger partial charge on any atom is 0.286 e. The van der Waals surface area contributed by atoms with Crippen LogP contribution in [0.25, 0.3) is 0 Å². The second-order valence-corrected chi connectivity index (χ2v) is 2.90. The fraction of sp³-hybridized carbons (Fsp3) is 0.333. The highest BCUT2D eigenvalue weighted by atomic mass is 35.5. The zero-order valence-electron chi connectivity index (χ0n) is 6.06. The Balaban J connectivity index is 3.59. The predicted molar refractivity (Wildman–Crippen MR) is 44.2 cm³/mol. The first-order valence-corrected chi connectivity index (χ1v) is 3.68. The zero-order valence-corrected chi connectivity index (χ0v) is 7.57. The molecule has 0 saturated carbocycles. The Morgan fingerprint density at radius 3 is 2.45 bits per heavy atom. The third-order valence-electron chi connectivity index (χ3n) is 1.29. The van der Waals surface area contributed by atoms with Crippen LogP contribution in [-0.2, 0) is 7.05 Å². The molecule has 11 heavy (non-hydrogen) atoms. The van der Waals surface area contributed by atoms with Crippen LogP contribution in [0, 0.1) is 6.92 Å². The number of hydrogen-bond donors (Lipinski definition) is 0. The minimum Gasteiger partial charge on any atom is -0.266 e. The van der Waals surface area contributed by atoms with Gasteiger partial charge >= 0.3 is 0 Å². The van der Waals surface area contributed by atoms with Crippen molar-refractivity contribution in [2.75, 3.05) is 0 Å². The minimum absolute atomic E-state index is 0.0293. The molecule has 1 rings (SSSR count). The zero-order chi connectivity index (χ0) is 8.59. The van der Waals surface area contributed by atoms with Gasteiger partial charge in [0.2, 0.25) is 0 Å². The van der Waals surface area contributed by atoms with Crippen LogP contribution in [0.15, 0.2) is 4.79 Å². The summed E-state index contributed by atoms with van der Waals surface area (Å²) >= 11 is 11.2. The molecule has 1 aromatic rings. The maximum atomic E-state index is 11.0. The van der Waals surface area contributed by atoms with E-state index in [1.165, 1.54) is 7.05 Å². The van der Waals surface area contributed by atoms with Gasteiger partial charge in [-0.25, -0.2) is 4.68 Å². The molecular weight excluding hydrogens is 187 g/mol. The molecule has 0 amide bonds. The summed E-state index contributed by atoms with van der Waals surface area (Å²) in [5.41, 5.74) is 0.182. The molecule has 0 aliphatic heterocycles. The first-order chi connectivity index (χ1) is 5.04. The molecule has 1 heterocycles. The van der Waals surface area contributed by atoms with Crippen molar-refractivity contribution in [1.82, 2.24) is 9.78 Å². The van der Waals surface area contributed by atoms with Crippen molar-refractivity contribution in [2.45, 2.75) is 6.92 Å². The Morgan fingerprint density at radius 1 is 1.36 bits per heavy atom. The quantitative estimate of drug-likeness (QED) is 0.624. The van der Waals surface area contributed by atoms with Crippen LogP contribution in [0.5, 0.6) is 0 Å². The molecule has 0 fully saturated rings. The SMILES string of the molecule is Cc1nn(C)c(=O)c(Cl)c1Cl. The smallest absolute Gasteiger partial charge is 0.266 e. The van der Waals surface area contributed by atoms with Gasteiger partial charge in [-0.1, -0.05) is 23.2 Å². The summed E-state index contributed by atoms with van der Waals surface area (Å²) in [6.07, 6.45) is 0. The highest BCUT2D eigenvalue weighted by Crippen LogP contribution is 2.18. The number of nitrogens with zero attached hydrogens (tertiary/aromatic N) is 2. The molecule has 0 N–H and O–H groups in total. The topological polar surface area (TPSA) is 34.9 Å². The largest absolute Gasteiger partial charge is 0.286 e. The van der Waals surface area contributed by atoms with E-state index in [2.05, 4.69) is 5.10 Å². The van der Waals surface area contributed by atoms with E-state index in [-0.39, 0.29) is 15.6 Å². The lowest BCUT2D eigenvalue weighted by molar-refractivity contribution is 0.693. The molecule has 0 aliphatic rings. The lowest BCUT2D eigenvalue weighted by atomic mass is 10.4. The van der Waals surface area contributed by atoms with Gasteiger partial charge in [0.05, 0.1) is 10.7 Å². The van der Waals surface area contributed by atoms with Crippen molar-refractivity contribution in [1.29, 1.82) is 0 Å². The molecule has 5 heteroatoms. The first kappa shape index (κ1) is 8.56. The number of aryl methyl sites for hydroxylation is 2. The van der Waals surface area contributed by atoms with E-state index in [1.54, 1.807) is 6.92 Å². The van der Waals surface area contributed by atoms with E-state index in [0.29, 0.717) is 5.69 Å². The molecule has 0 spiro atoms. The van der Waals surface area contributed by atoms with E-state index < -0.39 is 0 Å². The van der Waals surface area contributed by atoms with Gasteiger partial charge in [0, 0.05) is 7.05 Å². The maximum absolute atomic E-state index is 11.0. The monoisotopic (exact) mass is 192 g/mol. The summed E-state index contributed by atoms with van der Waals surface area (Å²) < 4.78 is 1.16. The lowest BCUT2D eigenvalue weighted by Crippen LogP contribution is -2.21. The summed E-state index contributed by atoms with van der Waals surface area (Å²) in [7, 11) is 1.53. The Morgan fingerprint density at radius 2 is 1.91 bits per heavy atom. The molecule has 0 unspecified atom stereocenters. The average molecular weight is 193 g/mol. The van der Waals surface area contributed by atoms with E-state index in [9.17, 15) is 4.79 Å². The van der Waals surface area contributed by atoms with E-state index in [0.717, 1.165) is 4.68 Å². The fourth-order valence-electron chi connectivity index (χ4n) is 0.709. The Labute approximate surface area is 73.5 Å². The van der Waals surface area contributed by atoms with Crippen molar-refractivity contribution in [3.63, 3.8) is 0 Å². The second kappa shape index (κ2) is 2.83. The number of hydrogen-bond acceptors (Lipinski definition) is 2. The highest BCUT2D eigenvalue weighted by molar-refractivity contribution is 6.42. The van der Waals surface area contributed by atoms with Gasteiger partial charge in [-0.2, -0.15) is 5.10 Å². The molecular formula is C6H6Cl2N2O. The van der Waals surface area contributed by atoms with Gasteiger partial charge in [0.1, 0.15) is 5.02 Å². The van der Waals surface area contributed by atoms with E-state index in [1.807, 2.05) is 0 Å². The normalized spacial score (nSPS) is 10.2. The summed E-state index contributed by atoms with van der Waals surface area (Å²) in [5.74, 6) is 0. The van der Waals surface area contributed by atoms with Gasteiger partial charge in [-0.05, 0) is 6.92 Å². The van der Waals surface area contributed by atoms with Crippen molar-refractivity contribution in [3.05, 3.63) is 26.1 Å². The van der Waals surface area contributed by atoms with Gasteiger partial charge in [0.25, 0.3) is 5.56 Å². The van der Waals surface area contributed by atoms with Crippen molar-refractivity contribution < 1.29 is 0 Å². The van der Waals surface area contributed by atoms with Gasteiger partial charge < -0.3 is 0 Å². The summed E-state index contributed by atoms with van der Waals surface area (Å²) in [6, 6.07) is 0. The minimum atomic E-state index is -0.373. The fourth-order valence-corrected chi connectivity index (χ4v) is 1.09. The predicted octanol–water partition coefficient (Wildman–Crippen LogP) is 1.40. The summed E-state index contributed by atoms with van der Waals surface area (Å²) in [6.45, 7) is 1.69. The van der Waals surface area contributed by atoms with Gasteiger partial charge in [-0.3, -0.25) is 4.79 Å². The highest BCUT2D eigenvalue weighted by Gasteiger charge is 2.08. The third kappa shape index (κ3) is 1.39. The Bertz CT molecular complexity index is 345. The Kier molecular flexibility index (Phi) is 2.20. The van der Waals surface area contributed by atoms with Crippen LogP contribution < -0.4 is 5.56 Å². The third-order valence-corrected chi connectivity index (χ3v) is 2.20. The molecule has 0 atom stereocenters. The number of aromatic nitrogens is 2. The molecule has 0 radical (unpaired) electrons. The molecule has 1 aromatic heterocycles.